The number of esters is 1. The van der Waals surface area contributed by atoms with Gasteiger partial charge in [0, 0.05) is 6.92 Å². The van der Waals surface area contributed by atoms with E-state index in [1.54, 1.807) is 19.1 Å². The van der Waals surface area contributed by atoms with Gasteiger partial charge in [-0.25, -0.2) is 9.59 Å². The lowest BCUT2D eigenvalue weighted by Gasteiger charge is -2.32. The van der Waals surface area contributed by atoms with Crippen LogP contribution in [-0.4, -0.2) is 42.5 Å². The average molecular weight is 382 g/mol. The van der Waals surface area contributed by atoms with Crippen molar-refractivity contribution < 1.29 is 33.6 Å². The molecule has 0 aliphatic heterocycles. The van der Waals surface area contributed by atoms with E-state index in [0.29, 0.717) is 13.2 Å². The molecule has 1 aromatic carbocycles. The maximum absolute atomic E-state index is 12.3. The molecule has 0 spiro atoms. The predicted octanol–water partition coefficient (Wildman–Crippen LogP) is 4.21. The minimum atomic E-state index is -1.35. The van der Waals surface area contributed by atoms with Crippen molar-refractivity contribution in [1.82, 2.24) is 0 Å². The Morgan fingerprint density at radius 1 is 1.04 bits per heavy atom. The van der Waals surface area contributed by atoms with Crippen LogP contribution in [0.1, 0.15) is 74.1 Å². The molecule has 0 saturated carbocycles. The summed E-state index contributed by atoms with van der Waals surface area (Å²) in [5.74, 6) is -3.34. The van der Waals surface area contributed by atoms with Gasteiger partial charge in [0.05, 0.1) is 24.3 Å². The topological polar surface area (TPSA) is 91.3 Å². The third-order valence-corrected chi connectivity index (χ3v) is 3.75. The highest BCUT2D eigenvalue weighted by Gasteiger charge is 2.31. The van der Waals surface area contributed by atoms with Crippen molar-refractivity contribution in [2.24, 2.45) is 0 Å². The van der Waals surface area contributed by atoms with Crippen molar-refractivity contribution >= 4 is 11.9 Å². The van der Waals surface area contributed by atoms with Crippen molar-refractivity contribution in [2.75, 3.05) is 13.2 Å². The fourth-order valence-electron chi connectivity index (χ4n) is 2.30. The Morgan fingerprint density at radius 2 is 1.56 bits per heavy atom. The molecule has 0 bridgehead atoms. The molecular weight excluding hydrogens is 352 g/mol. The van der Waals surface area contributed by atoms with Crippen LogP contribution in [0.4, 0.5) is 0 Å². The molecule has 0 aliphatic rings. The van der Waals surface area contributed by atoms with Gasteiger partial charge in [-0.3, -0.25) is 4.74 Å². The Balaban J connectivity index is 2.75. The van der Waals surface area contributed by atoms with E-state index in [0.717, 1.165) is 25.7 Å². The van der Waals surface area contributed by atoms with Crippen LogP contribution in [0.3, 0.4) is 0 Å². The molecule has 0 aliphatic carbocycles. The van der Waals surface area contributed by atoms with Crippen molar-refractivity contribution in [3.63, 3.8) is 0 Å². The summed E-state index contributed by atoms with van der Waals surface area (Å²) in [5, 5.41) is 9.20. The Hall–Kier alpha value is -1.96. The summed E-state index contributed by atoms with van der Waals surface area (Å²) in [6.07, 6.45) is 2.61. The molecule has 1 N–H and O–H groups in total. The number of carboxylic acids is 1. The third-order valence-electron chi connectivity index (χ3n) is 3.75. The molecule has 1 aromatic rings. The van der Waals surface area contributed by atoms with Gasteiger partial charge in [0.1, 0.15) is 0 Å². The zero-order valence-electron chi connectivity index (χ0n) is 16.5. The van der Waals surface area contributed by atoms with E-state index >= 15 is 0 Å². The summed E-state index contributed by atoms with van der Waals surface area (Å²) in [6, 6.07) is 5.85. The number of hydrogen-bond acceptors (Lipinski definition) is 6. The molecular formula is C20H30O7. The van der Waals surface area contributed by atoms with Crippen LogP contribution in [0.2, 0.25) is 0 Å². The number of benzene rings is 1. The molecule has 1 rings (SSSR count). The van der Waals surface area contributed by atoms with Crippen LogP contribution in [0.5, 0.6) is 0 Å². The van der Waals surface area contributed by atoms with Crippen LogP contribution < -0.4 is 0 Å². The van der Waals surface area contributed by atoms with E-state index in [4.69, 9.17) is 18.9 Å². The summed E-state index contributed by atoms with van der Waals surface area (Å²) < 4.78 is 22.4. The predicted molar refractivity (Wildman–Crippen MR) is 99.5 cm³/mol. The van der Waals surface area contributed by atoms with Gasteiger partial charge >= 0.3 is 11.9 Å². The summed E-state index contributed by atoms with van der Waals surface area (Å²) in [7, 11) is 0. The number of carbonyl (C=O) groups excluding carboxylic acids is 1. The minimum absolute atomic E-state index is 0.0408. The molecule has 7 heteroatoms. The monoisotopic (exact) mass is 382 g/mol. The number of unbranched alkanes of at least 4 members (excludes halogenated alkanes) is 2. The standard InChI is InChI=1S/C20H30O7/c1-5-7-13-24-20(4,25-14-8-6-2)27-15(3)26-19(23)17-12-10-9-11-16(17)18(21)22/h9-12,15H,5-8,13-14H2,1-4H3,(H,21,22). The number of ether oxygens (including phenoxy) is 4. The molecule has 152 valence electrons. The van der Waals surface area contributed by atoms with E-state index in [-0.39, 0.29) is 11.1 Å². The summed E-state index contributed by atoms with van der Waals surface area (Å²) >= 11 is 0. The third kappa shape index (κ3) is 8.07. The van der Waals surface area contributed by atoms with E-state index < -0.39 is 24.2 Å². The molecule has 0 fully saturated rings. The van der Waals surface area contributed by atoms with E-state index in [2.05, 4.69) is 0 Å². The van der Waals surface area contributed by atoms with Gasteiger partial charge in [0.2, 0.25) is 6.29 Å². The van der Waals surface area contributed by atoms with Gasteiger partial charge in [-0.15, -0.1) is 0 Å². The van der Waals surface area contributed by atoms with Crippen molar-refractivity contribution in [3.8, 4) is 0 Å². The zero-order chi connectivity index (χ0) is 20.3. The van der Waals surface area contributed by atoms with Gasteiger partial charge in [-0.1, -0.05) is 38.8 Å². The van der Waals surface area contributed by atoms with Crippen LogP contribution in [-0.2, 0) is 18.9 Å². The Morgan fingerprint density at radius 3 is 2.04 bits per heavy atom. The van der Waals surface area contributed by atoms with Gasteiger partial charge < -0.3 is 19.3 Å². The lowest BCUT2D eigenvalue weighted by Crippen LogP contribution is -2.40. The first kappa shape index (κ1) is 23.1. The maximum Gasteiger partial charge on any atom is 0.341 e. The molecule has 1 unspecified atom stereocenters. The largest absolute Gasteiger partial charge is 0.478 e. The number of carboxylic acid groups (broad SMARTS) is 1. The molecule has 0 amide bonds. The fourth-order valence-corrected chi connectivity index (χ4v) is 2.30. The first-order chi connectivity index (χ1) is 12.8. The summed E-state index contributed by atoms with van der Waals surface area (Å²) in [5.41, 5.74) is -0.170. The first-order valence-electron chi connectivity index (χ1n) is 9.32. The normalized spacial score (nSPS) is 12.6. The SMILES string of the molecule is CCCCOC(C)(OCCCC)OC(C)OC(=O)c1ccccc1C(=O)O. The average Bonchev–Trinajstić information content (AvgIpc) is 2.61. The van der Waals surface area contributed by atoms with E-state index in [1.807, 2.05) is 13.8 Å². The van der Waals surface area contributed by atoms with E-state index in [9.17, 15) is 14.7 Å². The smallest absolute Gasteiger partial charge is 0.341 e. The molecule has 1 atom stereocenters. The Kier molecular flexibility index (Phi) is 9.99. The molecule has 27 heavy (non-hydrogen) atoms. The second-order valence-electron chi connectivity index (χ2n) is 6.21. The first-order valence-corrected chi connectivity index (χ1v) is 9.32. The molecule has 7 nitrogen and oxygen atoms in total. The van der Waals surface area contributed by atoms with Crippen LogP contribution in [0, 0.1) is 0 Å². The lowest BCUT2D eigenvalue weighted by molar-refractivity contribution is -0.401. The summed E-state index contributed by atoms with van der Waals surface area (Å²) in [4.78, 5) is 23.6. The van der Waals surface area contributed by atoms with Crippen LogP contribution in [0.25, 0.3) is 0 Å². The van der Waals surface area contributed by atoms with Gasteiger partial charge in [0.15, 0.2) is 0 Å². The van der Waals surface area contributed by atoms with Gasteiger partial charge in [0.25, 0.3) is 5.97 Å². The molecule has 0 saturated heterocycles. The maximum atomic E-state index is 12.3. The highest BCUT2D eigenvalue weighted by molar-refractivity contribution is 6.02. The van der Waals surface area contributed by atoms with Crippen molar-refractivity contribution in [3.05, 3.63) is 35.4 Å². The van der Waals surface area contributed by atoms with Crippen LogP contribution >= 0.6 is 0 Å². The minimum Gasteiger partial charge on any atom is -0.478 e. The number of hydrogen-bond donors (Lipinski definition) is 1. The zero-order valence-corrected chi connectivity index (χ0v) is 16.5. The Bertz CT molecular complexity index is 590. The van der Waals surface area contributed by atoms with Gasteiger partial charge in [-0.2, -0.15) is 0 Å². The van der Waals surface area contributed by atoms with E-state index in [1.165, 1.54) is 19.1 Å². The number of aromatic carboxylic acids is 1. The molecule has 0 aromatic heterocycles. The molecule has 0 heterocycles. The second-order valence-corrected chi connectivity index (χ2v) is 6.21. The quantitative estimate of drug-likeness (QED) is 0.310. The second kappa shape index (κ2) is 11.7. The fraction of sp³-hybridized carbons (Fsp3) is 0.600. The van der Waals surface area contributed by atoms with Crippen molar-refractivity contribution in [1.29, 1.82) is 0 Å². The Labute approximate surface area is 160 Å². The van der Waals surface area contributed by atoms with Crippen molar-refractivity contribution in [2.45, 2.75) is 65.6 Å². The highest BCUT2D eigenvalue weighted by Crippen LogP contribution is 2.20. The molecule has 0 radical (unpaired) electrons. The summed E-state index contributed by atoms with van der Waals surface area (Å²) in [6.45, 7) is 8.15. The lowest BCUT2D eigenvalue weighted by atomic mass is 10.1. The highest BCUT2D eigenvalue weighted by atomic mass is 16.9. The number of rotatable bonds is 13. The van der Waals surface area contributed by atoms with Gasteiger partial charge in [-0.05, 0) is 31.9 Å². The van der Waals surface area contributed by atoms with Crippen LogP contribution in [0.15, 0.2) is 24.3 Å². The number of carbonyl (C=O) groups is 2.